The van der Waals surface area contributed by atoms with Crippen molar-refractivity contribution in [2.75, 3.05) is 17.5 Å². The van der Waals surface area contributed by atoms with Crippen LogP contribution >= 0.6 is 15.9 Å². The SMILES string of the molecule is CCOc1ccc(/C=N\NC(=O)CN(c2cccc(Br)c2)S(=O)(=O)c2ccc(C)cc2)cc1. The Morgan fingerprint density at radius 3 is 2.42 bits per heavy atom. The lowest BCUT2D eigenvalue weighted by Gasteiger charge is -2.24. The molecule has 0 heterocycles. The molecule has 0 aromatic heterocycles. The molecule has 0 atom stereocenters. The van der Waals surface area contributed by atoms with Gasteiger partial charge in [0.25, 0.3) is 15.9 Å². The third kappa shape index (κ3) is 6.66. The van der Waals surface area contributed by atoms with E-state index < -0.39 is 22.5 Å². The number of hydrazone groups is 1. The van der Waals surface area contributed by atoms with Crippen molar-refractivity contribution in [1.29, 1.82) is 0 Å². The number of nitrogens with one attached hydrogen (secondary N) is 1. The van der Waals surface area contributed by atoms with Gasteiger partial charge in [-0.1, -0.05) is 39.7 Å². The number of aryl methyl sites for hydroxylation is 1. The van der Waals surface area contributed by atoms with Crippen molar-refractivity contribution in [3.05, 3.63) is 88.4 Å². The van der Waals surface area contributed by atoms with Gasteiger partial charge in [0.2, 0.25) is 0 Å². The van der Waals surface area contributed by atoms with E-state index in [1.807, 2.05) is 13.8 Å². The average Bonchev–Trinajstić information content (AvgIpc) is 2.79. The molecule has 1 amide bonds. The van der Waals surface area contributed by atoms with Gasteiger partial charge in [0.1, 0.15) is 12.3 Å². The largest absolute Gasteiger partial charge is 0.494 e. The van der Waals surface area contributed by atoms with Crippen LogP contribution in [-0.4, -0.2) is 33.7 Å². The first kappa shape index (κ1) is 24.5. The molecule has 172 valence electrons. The summed E-state index contributed by atoms with van der Waals surface area (Å²) in [5, 5.41) is 3.95. The lowest BCUT2D eigenvalue weighted by atomic mass is 10.2. The molecular weight excluding hydrogens is 506 g/mol. The van der Waals surface area contributed by atoms with E-state index in [9.17, 15) is 13.2 Å². The van der Waals surface area contributed by atoms with Crippen LogP contribution in [0.1, 0.15) is 18.1 Å². The number of anilines is 1. The van der Waals surface area contributed by atoms with Crippen molar-refractivity contribution >= 4 is 43.8 Å². The monoisotopic (exact) mass is 529 g/mol. The topological polar surface area (TPSA) is 88.1 Å². The standard InChI is InChI=1S/C24H24BrN3O4S/c1-3-32-22-11-9-19(10-12-22)16-26-27-24(29)17-28(21-6-4-5-20(25)15-21)33(30,31)23-13-7-18(2)8-14-23/h4-16H,3,17H2,1-2H3,(H,27,29)/b26-16-. The van der Waals surface area contributed by atoms with Crippen LogP contribution in [0.4, 0.5) is 5.69 Å². The maximum Gasteiger partial charge on any atom is 0.264 e. The number of carbonyl (C=O) groups excluding carboxylic acids is 1. The number of nitrogens with zero attached hydrogens (tertiary/aromatic N) is 2. The first-order valence-corrected chi connectivity index (χ1v) is 12.4. The summed E-state index contributed by atoms with van der Waals surface area (Å²) in [7, 11) is -3.98. The number of ether oxygens (including phenoxy) is 1. The second-order valence-corrected chi connectivity index (χ2v) is 9.88. The Morgan fingerprint density at radius 2 is 1.79 bits per heavy atom. The van der Waals surface area contributed by atoms with Gasteiger partial charge < -0.3 is 4.74 Å². The van der Waals surface area contributed by atoms with Gasteiger partial charge in [0.15, 0.2) is 0 Å². The minimum absolute atomic E-state index is 0.0961. The van der Waals surface area contributed by atoms with E-state index in [-0.39, 0.29) is 4.90 Å². The molecule has 0 fully saturated rings. The van der Waals surface area contributed by atoms with E-state index in [0.29, 0.717) is 16.8 Å². The molecule has 0 saturated carbocycles. The Hall–Kier alpha value is -3.17. The van der Waals surface area contributed by atoms with Crippen LogP contribution in [0.3, 0.4) is 0 Å². The van der Waals surface area contributed by atoms with Crippen LogP contribution in [0.15, 0.2) is 87.3 Å². The number of rotatable bonds is 9. The fourth-order valence-electron chi connectivity index (χ4n) is 2.95. The van der Waals surface area contributed by atoms with Crippen molar-refractivity contribution in [1.82, 2.24) is 5.43 Å². The third-order valence-corrected chi connectivity index (χ3v) is 6.87. The summed E-state index contributed by atoms with van der Waals surface area (Å²) in [5.41, 5.74) is 4.45. The maximum atomic E-state index is 13.4. The lowest BCUT2D eigenvalue weighted by molar-refractivity contribution is -0.119. The van der Waals surface area contributed by atoms with Gasteiger partial charge in [-0.2, -0.15) is 5.10 Å². The Balaban J connectivity index is 1.78. The molecular formula is C24H24BrN3O4S. The van der Waals surface area contributed by atoms with Crippen molar-refractivity contribution < 1.29 is 17.9 Å². The zero-order chi connectivity index (χ0) is 23.8. The molecule has 33 heavy (non-hydrogen) atoms. The number of hydrogen-bond donors (Lipinski definition) is 1. The molecule has 3 aromatic carbocycles. The molecule has 0 unspecified atom stereocenters. The number of sulfonamides is 1. The molecule has 0 aliphatic rings. The van der Waals surface area contributed by atoms with Gasteiger partial charge in [0.05, 0.1) is 23.4 Å². The number of carbonyl (C=O) groups is 1. The van der Waals surface area contributed by atoms with Crippen molar-refractivity contribution in [3.8, 4) is 5.75 Å². The molecule has 0 saturated heterocycles. The second-order valence-electron chi connectivity index (χ2n) is 7.10. The summed E-state index contributed by atoms with van der Waals surface area (Å²) in [6.45, 7) is 3.91. The van der Waals surface area contributed by atoms with E-state index in [1.165, 1.54) is 18.3 Å². The smallest absolute Gasteiger partial charge is 0.264 e. The highest BCUT2D eigenvalue weighted by atomic mass is 79.9. The van der Waals surface area contributed by atoms with Crippen molar-refractivity contribution in [2.45, 2.75) is 18.7 Å². The highest BCUT2D eigenvalue weighted by Crippen LogP contribution is 2.26. The minimum atomic E-state index is -3.98. The van der Waals surface area contributed by atoms with Gasteiger partial charge in [0, 0.05) is 4.47 Å². The molecule has 3 rings (SSSR count). The van der Waals surface area contributed by atoms with Gasteiger partial charge >= 0.3 is 0 Å². The molecule has 0 spiro atoms. The molecule has 0 aliphatic carbocycles. The number of benzene rings is 3. The van der Waals surface area contributed by atoms with Gasteiger partial charge in [-0.15, -0.1) is 0 Å². The predicted octanol–water partition coefficient (Wildman–Crippen LogP) is 4.50. The average molecular weight is 530 g/mol. The van der Waals surface area contributed by atoms with Gasteiger partial charge in [-0.25, -0.2) is 13.8 Å². The maximum absolute atomic E-state index is 13.4. The van der Waals surface area contributed by atoms with Crippen LogP contribution in [-0.2, 0) is 14.8 Å². The molecule has 0 radical (unpaired) electrons. The number of halogens is 1. The van der Waals surface area contributed by atoms with E-state index in [2.05, 4.69) is 26.5 Å². The summed E-state index contributed by atoms with van der Waals surface area (Å²) in [6, 6.07) is 20.4. The molecule has 7 nitrogen and oxygen atoms in total. The Bertz CT molecular complexity index is 1230. The zero-order valence-corrected chi connectivity index (χ0v) is 20.6. The van der Waals surface area contributed by atoms with Crippen LogP contribution < -0.4 is 14.5 Å². The Morgan fingerprint density at radius 1 is 1.09 bits per heavy atom. The lowest BCUT2D eigenvalue weighted by Crippen LogP contribution is -2.39. The summed E-state index contributed by atoms with van der Waals surface area (Å²) < 4.78 is 33.8. The highest BCUT2D eigenvalue weighted by molar-refractivity contribution is 9.10. The first-order chi connectivity index (χ1) is 15.8. The predicted molar refractivity (Wildman–Crippen MR) is 133 cm³/mol. The minimum Gasteiger partial charge on any atom is -0.494 e. The fraction of sp³-hybridized carbons (Fsp3) is 0.167. The summed E-state index contributed by atoms with van der Waals surface area (Å²) >= 11 is 3.36. The molecule has 1 N–H and O–H groups in total. The van der Waals surface area contributed by atoms with Crippen LogP contribution in [0.5, 0.6) is 5.75 Å². The summed E-state index contributed by atoms with van der Waals surface area (Å²) in [4.78, 5) is 12.7. The van der Waals surface area contributed by atoms with E-state index in [1.54, 1.807) is 60.7 Å². The quantitative estimate of drug-likeness (QED) is 0.326. The molecule has 3 aromatic rings. The molecule has 0 aliphatic heterocycles. The summed E-state index contributed by atoms with van der Waals surface area (Å²) in [6.07, 6.45) is 1.48. The third-order valence-electron chi connectivity index (χ3n) is 4.59. The second kappa shape index (κ2) is 11.1. The van der Waals surface area contributed by atoms with Gasteiger partial charge in [-0.05, 0) is 74.0 Å². The number of amides is 1. The first-order valence-electron chi connectivity index (χ1n) is 10.2. The normalized spacial score (nSPS) is 11.4. The zero-order valence-electron chi connectivity index (χ0n) is 18.2. The van der Waals surface area contributed by atoms with Gasteiger partial charge in [-0.3, -0.25) is 9.10 Å². The van der Waals surface area contributed by atoms with Crippen molar-refractivity contribution in [2.24, 2.45) is 5.10 Å². The van der Waals surface area contributed by atoms with Crippen LogP contribution in [0.2, 0.25) is 0 Å². The van der Waals surface area contributed by atoms with Crippen molar-refractivity contribution in [3.63, 3.8) is 0 Å². The molecule has 9 heteroatoms. The Kier molecular flexibility index (Phi) is 8.24. The van der Waals surface area contributed by atoms with E-state index in [4.69, 9.17) is 4.74 Å². The van der Waals surface area contributed by atoms with Crippen LogP contribution in [0, 0.1) is 6.92 Å². The fourth-order valence-corrected chi connectivity index (χ4v) is 4.75. The van der Waals surface area contributed by atoms with Crippen LogP contribution in [0.25, 0.3) is 0 Å². The summed E-state index contributed by atoms with van der Waals surface area (Å²) in [5.74, 6) is 0.164. The molecule has 0 bridgehead atoms. The highest BCUT2D eigenvalue weighted by Gasteiger charge is 2.27. The van der Waals surface area contributed by atoms with E-state index >= 15 is 0 Å². The van der Waals surface area contributed by atoms with E-state index in [0.717, 1.165) is 21.2 Å². The number of hydrogen-bond acceptors (Lipinski definition) is 5. The Labute approximate surface area is 202 Å².